The number of piperidine rings is 1. The first-order chi connectivity index (χ1) is 18.8. The number of halogens is 3. The molecule has 2 heterocycles. The van der Waals surface area contributed by atoms with E-state index in [1.165, 1.54) is 0 Å². The van der Waals surface area contributed by atoms with Crippen LogP contribution in [0.5, 0.6) is 11.5 Å². The van der Waals surface area contributed by atoms with Crippen LogP contribution in [0.4, 0.5) is 13.2 Å². The number of nitrogens with one attached hydrogen (secondary N) is 1. The van der Waals surface area contributed by atoms with Crippen molar-refractivity contribution in [3.8, 4) is 11.5 Å². The van der Waals surface area contributed by atoms with Gasteiger partial charge in [0.1, 0.15) is 18.2 Å². The summed E-state index contributed by atoms with van der Waals surface area (Å²) in [7, 11) is 1.61. The van der Waals surface area contributed by atoms with Gasteiger partial charge in [0.05, 0.1) is 18.0 Å². The zero-order chi connectivity index (χ0) is 28.0. The van der Waals surface area contributed by atoms with Crippen molar-refractivity contribution >= 4 is 16.8 Å². The van der Waals surface area contributed by atoms with E-state index in [-0.39, 0.29) is 6.61 Å². The molecule has 8 nitrogen and oxygen atoms in total. The summed E-state index contributed by atoms with van der Waals surface area (Å²) in [5.74, 6) is -3.51. The minimum atomic E-state index is -1.09. The van der Waals surface area contributed by atoms with E-state index in [1.54, 1.807) is 13.3 Å². The second kappa shape index (κ2) is 12.6. The molecule has 0 unspecified atom stereocenters. The van der Waals surface area contributed by atoms with E-state index in [2.05, 4.69) is 4.98 Å². The van der Waals surface area contributed by atoms with Gasteiger partial charge in [-0.3, -0.25) is 19.9 Å². The van der Waals surface area contributed by atoms with Crippen LogP contribution in [0.1, 0.15) is 36.8 Å². The number of nitrogens with two attached hydrogens (primary N) is 1. The highest BCUT2D eigenvalue weighted by Gasteiger charge is 2.40. The second-order valence-corrected chi connectivity index (χ2v) is 9.81. The van der Waals surface area contributed by atoms with Gasteiger partial charge in [-0.05, 0) is 74.5 Å². The average Bonchev–Trinajstić information content (AvgIpc) is 2.94. The highest BCUT2D eigenvalue weighted by atomic mass is 19.1. The highest BCUT2D eigenvalue weighted by Crippen LogP contribution is 2.38. The van der Waals surface area contributed by atoms with Crippen molar-refractivity contribution in [1.82, 2.24) is 15.4 Å². The van der Waals surface area contributed by atoms with Crippen LogP contribution < -0.4 is 20.7 Å². The molecule has 11 heteroatoms. The van der Waals surface area contributed by atoms with Crippen molar-refractivity contribution in [3.63, 3.8) is 0 Å². The van der Waals surface area contributed by atoms with E-state index in [0.29, 0.717) is 70.4 Å². The monoisotopic (exact) mass is 546 g/mol. The Morgan fingerprint density at radius 1 is 1.18 bits per heavy atom. The van der Waals surface area contributed by atoms with Gasteiger partial charge >= 0.3 is 0 Å². The molecule has 39 heavy (non-hydrogen) atoms. The Balaban J connectivity index is 1.38. The SMILES string of the molecule is COc1ccc2ncc(CN)c(CCCC3(C(=O)NO)CCN(CCOc4c(F)cc(F)cc4F)CC3)c2c1. The van der Waals surface area contributed by atoms with Gasteiger partial charge in [0.2, 0.25) is 5.91 Å². The number of benzene rings is 2. The number of pyridine rings is 1. The molecule has 0 bridgehead atoms. The zero-order valence-corrected chi connectivity index (χ0v) is 21.8. The van der Waals surface area contributed by atoms with Crippen LogP contribution in [-0.4, -0.2) is 54.3 Å². The number of ether oxygens (including phenoxy) is 2. The van der Waals surface area contributed by atoms with Gasteiger partial charge in [-0.1, -0.05) is 0 Å². The van der Waals surface area contributed by atoms with Gasteiger partial charge in [-0.25, -0.2) is 18.7 Å². The second-order valence-electron chi connectivity index (χ2n) is 9.81. The fraction of sp³-hybridized carbons (Fsp3) is 0.429. The quantitative estimate of drug-likeness (QED) is 0.245. The van der Waals surface area contributed by atoms with Gasteiger partial charge < -0.3 is 15.2 Å². The highest BCUT2D eigenvalue weighted by molar-refractivity contribution is 5.84. The number of rotatable bonds is 11. The average molecular weight is 547 g/mol. The topological polar surface area (TPSA) is 110 Å². The van der Waals surface area contributed by atoms with Crippen molar-refractivity contribution in [2.24, 2.45) is 11.1 Å². The summed E-state index contributed by atoms with van der Waals surface area (Å²) < 4.78 is 51.4. The molecule has 1 amide bonds. The van der Waals surface area contributed by atoms with Crippen molar-refractivity contribution < 1.29 is 32.6 Å². The van der Waals surface area contributed by atoms with E-state index in [0.717, 1.165) is 27.8 Å². The third-order valence-corrected chi connectivity index (χ3v) is 7.59. The Morgan fingerprint density at radius 3 is 2.54 bits per heavy atom. The van der Waals surface area contributed by atoms with Crippen LogP contribution in [-0.2, 0) is 17.8 Å². The van der Waals surface area contributed by atoms with E-state index in [4.69, 9.17) is 15.2 Å². The summed E-state index contributed by atoms with van der Waals surface area (Å²) in [5.41, 5.74) is 9.91. The molecule has 1 aliphatic rings. The molecule has 4 N–H and O–H groups in total. The molecule has 1 aromatic heterocycles. The molecule has 3 aromatic rings. The smallest absolute Gasteiger partial charge is 0.249 e. The van der Waals surface area contributed by atoms with E-state index < -0.39 is 34.5 Å². The third kappa shape index (κ3) is 6.43. The maximum Gasteiger partial charge on any atom is 0.249 e. The third-order valence-electron chi connectivity index (χ3n) is 7.59. The summed E-state index contributed by atoms with van der Waals surface area (Å²) >= 11 is 0. The maximum absolute atomic E-state index is 13.8. The van der Waals surface area contributed by atoms with E-state index in [9.17, 15) is 23.2 Å². The number of hydroxylamine groups is 1. The number of carbonyl (C=O) groups excluding carboxylic acids is 1. The lowest BCUT2D eigenvalue weighted by Crippen LogP contribution is -2.49. The molecular formula is C28H33F3N4O4. The Hall–Kier alpha value is -3.41. The number of aryl methyl sites for hydroxylation is 1. The lowest BCUT2D eigenvalue weighted by atomic mass is 9.73. The number of likely N-dealkylation sites (tertiary alicyclic amines) is 1. The van der Waals surface area contributed by atoms with Crippen LogP contribution in [0.3, 0.4) is 0 Å². The van der Waals surface area contributed by atoms with Crippen molar-refractivity contribution in [3.05, 3.63) is 65.1 Å². The molecule has 1 aliphatic heterocycles. The van der Waals surface area contributed by atoms with Gasteiger partial charge in [0.15, 0.2) is 17.4 Å². The first-order valence-electron chi connectivity index (χ1n) is 12.9. The number of hydrogen-bond acceptors (Lipinski definition) is 7. The zero-order valence-electron chi connectivity index (χ0n) is 21.8. The minimum absolute atomic E-state index is 0.000879. The maximum atomic E-state index is 13.8. The van der Waals surface area contributed by atoms with Gasteiger partial charge in [0, 0.05) is 36.8 Å². The van der Waals surface area contributed by atoms with Crippen molar-refractivity contribution in [1.29, 1.82) is 0 Å². The molecular weight excluding hydrogens is 513 g/mol. The predicted molar refractivity (Wildman–Crippen MR) is 139 cm³/mol. The molecule has 0 spiro atoms. The Labute approximate surface area is 224 Å². The minimum Gasteiger partial charge on any atom is -0.497 e. The van der Waals surface area contributed by atoms with Crippen LogP contribution in [0.25, 0.3) is 10.9 Å². The molecule has 1 fully saturated rings. The lowest BCUT2D eigenvalue weighted by Gasteiger charge is -2.40. The largest absolute Gasteiger partial charge is 0.497 e. The van der Waals surface area contributed by atoms with Crippen molar-refractivity contribution in [2.75, 3.05) is 33.4 Å². The Kier molecular flexibility index (Phi) is 9.26. The Morgan fingerprint density at radius 2 is 1.90 bits per heavy atom. The summed E-state index contributed by atoms with van der Waals surface area (Å²) in [6, 6.07) is 6.84. The fourth-order valence-corrected chi connectivity index (χ4v) is 5.33. The van der Waals surface area contributed by atoms with E-state index >= 15 is 0 Å². The van der Waals surface area contributed by atoms with Crippen molar-refractivity contribution in [2.45, 2.75) is 38.6 Å². The van der Waals surface area contributed by atoms with Crippen LogP contribution in [0.2, 0.25) is 0 Å². The molecule has 0 atom stereocenters. The summed E-state index contributed by atoms with van der Waals surface area (Å²) in [4.78, 5) is 19.3. The summed E-state index contributed by atoms with van der Waals surface area (Å²) in [5, 5.41) is 10.4. The number of hydrogen-bond donors (Lipinski definition) is 3. The lowest BCUT2D eigenvalue weighted by molar-refractivity contribution is -0.143. The molecule has 2 aromatic carbocycles. The molecule has 4 rings (SSSR count). The van der Waals surface area contributed by atoms with Crippen LogP contribution in [0.15, 0.2) is 36.5 Å². The number of fused-ring (bicyclic) bond motifs is 1. The number of amides is 1. The number of nitrogens with zero attached hydrogens (tertiary/aromatic N) is 2. The standard InChI is InChI=1S/C28H33F3N4O4/c1-38-20-4-5-25-22(15-20)21(18(16-32)17-33-25)3-2-6-28(27(36)34-37)7-9-35(10-8-28)11-12-39-26-23(30)13-19(29)14-24(26)31/h4-5,13-15,17,37H,2-3,6-12,16,32H2,1H3,(H,34,36). The van der Waals surface area contributed by atoms with E-state index in [1.807, 2.05) is 28.6 Å². The molecule has 0 saturated carbocycles. The summed E-state index contributed by atoms with van der Waals surface area (Å²) in [6.07, 6.45) is 4.67. The van der Waals surface area contributed by atoms with Gasteiger partial charge in [-0.15, -0.1) is 0 Å². The predicted octanol–water partition coefficient (Wildman–Crippen LogP) is 4.11. The molecule has 1 saturated heterocycles. The first-order valence-corrected chi connectivity index (χ1v) is 12.9. The molecule has 210 valence electrons. The van der Waals surface area contributed by atoms with Crippen LogP contribution >= 0.6 is 0 Å². The van der Waals surface area contributed by atoms with Gasteiger partial charge in [-0.2, -0.15) is 0 Å². The van der Waals surface area contributed by atoms with Crippen LogP contribution in [0, 0.1) is 22.9 Å². The molecule has 0 aliphatic carbocycles. The number of carbonyl (C=O) groups is 1. The Bertz CT molecular complexity index is 1290. The normalized spacial score (nSPS) is 15.3. The first kappa shape index (κ1) is 28.6. The number of methoxy groups -OCH3 is 1. The van der Waals surface area contributed by atoms with Gasteiger partial charge in [0.25, 0.3) is 0 Å². The fourth-order valence-electron chi connectivity index (χ4n) is 5.33. The number of aromatic nitrogens is 1. The summed E-state index contributed by atoms with van der Waals surface area (Å²) in [6.45, 7) is 1.78. The molecule has 0 radical (unpaired) electrons.